The Bertz CT molecular complexity index is 186. The summed E-state index contributed by atoms with van der Waals surface area (Å²) >= 11 is 0. The van der Waals surface area contributed by atoms with Crippen molar-refractivity contribution in [3.63, 3.8) is 0 Å². The first-order chi connectivity index (χ1) is 6.65. The number of carbonyl (C=O) groups excluding carboxylic acids is 1. The van der Waals surface area contributed by atoms with E-state index < -0.39 is 0 Å². The lowest BCUT2D eigenvalue weighted by molar-refractivity contribution is -0.120. The Kier molecular flexibility index (Phi) is 4.39. The van der Waals surface area contributed by atoms with Gasteiger partial charge in [-0.3, -0.25) is 4.79 Å². The van der Waals surface area contributed by atoms with Crippen LogP contribution in [0.3, 0.4) is 0 Å². The third-order valence-corrected chi connectivity index (χ3v) is 2.86. The maximum Gasteiger partial charge on any atom is 0.221 e. The number of amides is 1. The fourth-order valence-electron chi connectivity index (χ4n) is 1.88. The molecule has 1 unspecified atom stereocenters. The van der Waals surface area contributed by atoms with Gasteiger partial charge in [0.25, 0.3) is 0 Å². The monoisotopic (exact) mass is 198 g/mol. The van der Waals surface area contributed by atoms with E-state index >= 15 is 0 Å². The molecule has 2 N–H and O–H groups in total. The van der Waals surface area contributed by atoms with Crippen molar-refractivity contribution in [3.8, 4) is 0 Å². The first kappa shape index (κ1) is 11.5. The highest BCUT2D eigenvalue weighted by Crippen LogP contribution is 2.35. The molecule has 1 atom stereocenters. The van der Waals surface area contributed by atoms with Gasteiger partial charge in [-0.05, 0) is 24.7 Å². The van der Waals surface area contributed by atoms with Gasteiger partial charge in [0.05, 0.1) is 0 Å². The van der Waals surface area contributed by atoms with Crippen LogP contribution in [0, 0.1) is 11.8 Å². The third kappa shape index (κ3) is 3.66. The second kappa shape index (κ2) is 5.35. The second-order valence-electron chi connectivity index (χ2n) is 4.48. The van der Waals surface area contributed by atoms with Gasteiger partial charge in [0.2, 0.25) is 5.91 Å². The van der Waals surface area contributed by atoms with Crippen molar-refractivity contribution in [2.45, 2.75) is 39.2 Å². The van der Waals surface area contributed by atoms with Crippen molar-refractivity contribution < 1.29 is 4.79 Å². The molecule has 0 aromatic heterocycles. The van der Waals surface area contributed by atoms with Crippen molar-refractivity contribution in [3.05, 3.63) is 0 Å². The van der Waals surface area contributed by atoms with Gasteiger partial charge in [-0.1, -0.05) is 13.8 Å². The maximum atomic E-state index is 11.0. The molecule has 0 aromatic rings. The summed E-state index contributed by atoms with van der Waals surface area (Å²) in [6.45, 7) is 5.30. The molecule has 3 nitrogen and oxygen atoms in total. The lowest BCUT2D eigenvalue weighted by Crippen LogP contribution is -2.38. The largest absolute Gasteiger partial charge is 0.359 e. The minimum atomic E-state index is 0.121. The molecule has 82 valence electrons. The Hall–Kier alpha value is -0.570. The Balaban J connectivity index is 2.16. The first-order valence-electron chi connectivity index (χ1n) is 5.59. The molecule has 0 radical (unpaired) electrons. The normalized spacial score (nSPS) is 18.3. The fourth-order valence-corrected chi connectivity index (χ4v) is 1.88. The summed E-state index contributed by atoms with van der Waals surface area (Å²) < 4.78 is 0. The van der Waals surface area contributed by atoms with Gasteiger partial charge in [-0.2, -0.15) is 0 Å². The summed E-state index contributed by atoms with van der Waals surface area (Å²) in [5, 5.41) is 6.12. The summed E-state index contributed by atoms with van der Waals surface area (Å²) in [4.78, 5) is 11.0. The van der Waals surface area contributed by atoms with Gasteiger partial charge in [0.1, 0.15) is 0 Å². The second-order valence-corrected chi connectivity index (χ2v) is 4.48. The van der Waals surface area contributed by atoms with Crippen LogP contribution in [0.1, 0.15) is 33.1 Å². The van der Waals surface area contributed by atoms with Gasteiger partial charge in [-0.25, -0.2) is 0 Å². The SMILES string of the molecule is CNC(=O)CCNC(C(C)C)C1CC1. The van der Waals surface area contributed by atoms with E-state index in [-0.39, 0.29) is 5.91 Å². The molecular formula is C11H22N2O. The average molecular weight is 198 g/mol. The maximum absolute atomic E-state index is 11.0. The van der Waals surface area contributed by atoms with E-state index in [1.807, 2.05) is 0 Å². The molecule has 14 heavy (non-hydrogen) atoms. The lowest BCUT2D eigenvalue weighted by atomic mass is 9.99. The predicted molar refractivity (Wildman–Crippen MR) is 58.0 cm³/mol. The zero-order valence-corrected chi connectivity index (χ0v) is 9.47. The van der Waals surface area contributed by atoms with Gasteiger partial charge in [0, 0.05) is 26.1 Å². The van der Waals surface area contributed by atoms with Crippen molar-refractivity contribution >= 4 is 5.91 Å². The predicted octanol–water partition coefficient (Wildman–Crippen LogP) is 1.15. The zero-order chi connectivity index (χ0) is 10.6. The van der Waals surface area contributed by atoms with E-state index in [4.69, 9.17) is 0 Å². The van der Waals surface area contributed by atoms with Crippen molar-refractivity contribution in [1.82, 2.24) is 10.6 Å². The van der Waals surface area contributed by atoms with Gasteiger partial charge in [-0.15, -0.1) is 0 Å². The molecule has 0 saturated heterocycles. The summed E-state index contributed by atoms with van der Waals surface area (Å²) in [6.07, 6.45) is 3.30. The van der Waals surface area contributed by atoms with E-state index in [9.17, 15) is 4.79 Å². The Labute approximate surface area is 86.6 Å². The van der Waals surface area contributed by atoms with Crippen LogP contribution in [0.15, 0.2) is 0 Å². The Morgan fingerprint density at radius 3 is 2.50 bits per heavy atom. The van der Waals surface area contributed by atoms with Gasteiger partial charge >= 0.3 is 0 Å². The minimum Gasteiger partial charge on any atom is -0.359 e. The Morgan fingerprint density at radius 1 is 1.43 bits per heavy atom. The van der Waals surface area contributed by atoms with Crippen LogP contribution in [0.2, 0.25) is 0 Å². The molecule has 0 bridgehead atoms. The molecule has 0 aliphatic heterocycles. The highest BCUT2D eigenvalue weighted by molar-refractivity contribution is 5.75. The standard InChI is InChI=1S/C11H22N2O/c1-8(2)11(9-4-5-9)13-7-6-10(14)12-3/h8-9,11,13H,4-7H2,1-3H3,(H,12,14). The molecule has 1 fully saturated rings. The minimum absolute atomic E-state index is 0.121. The van der Waals surface area contributed by atoms with Crippen LogP contribution in [0.4, 0.5) is 0 Å². The van der Waals surface area contributed by atoms with Crippen molar-refractivity contribution in [2.75, 3.05) is 13.6 Å². The molecule has 0 spiro atoms. The number of hydrogen-bond acceptors (Lipinski definition) is 2. The van der Waals surface area contributed by atoms with E-state index in [2.05, 4.69) is 24.5 Å². The molecule has 1 rings (SSSR count). The number of carbonyl (C=O) groups is 1. The molecule has 1 aliphatic rings. The smallest absolute Gasteiger partial charge is 0.221 e. The fraction of sp³-hybridized carbons (Fsp3) is 0.909. The van der Waals surface area contributed by atoms with Crippen LogP contribution in [-0.2, 0) is 4.79 Å². The summed E-state index contributed by atoms with van der Waals surface area (Å²) in [6, 6.07) is 0.611. The summed E-state index contributed by atoms with van der Waals surface area (Å²) in [7, 11) is 1.68. The van der Waals surface area contributed by atoms with E-state index in [1.54, 1.807) is 7.05 Å². The number of rotatable bonds is 6. The average Bonchev–Trinajstić information content (AvgIpc) is 2.94. The van der Waals surface area contributed by atoms with E-state index in [0.717, 1.165) is 12.5 Å². The van der Waals surface area contributed by atoms with Crippen molar-refractivity contribution in [1.29, 1.82) is 0 Å². The molecule has 3 heteroatoms. The van der Waals surface area contributed by atoms with Gasteiger partial charge in [0.15, 0.2) is 0 Å². The summed E-state index contributed by atoms with van der Waals surface area (Å²) in [5.74, 6) is 1.66. The topological polar surface area (TPSA) is 41.1 Å². The molecule has 1 aliphatic carbocycles. The van der Waals surface area contributed by atoms with Crippen LogP contribution >= 0.6 is 0 Å². The third-order valence-electron chi connectivity index (χ3n) is 2.86. The quantitative estimate of drug-likeness (QED) is 0.672. The van der Waals surface area contributed by atoms with Crippen molar-refractivity contribution in [2.24, 2.45) is 11.8 Å². The highest BCUT2D eigenvalue weighted by Gasteiger charge is 2.32. The van der Waals surface area contributed by atoms with Crippen LogP contribution < -0.4 is 10.6 Å². The van der Waals surface area contributed by atoms with Crippen LogP contribution in [-0.4, -0.2) is 25.5 Å². The van der Waals surface area contributed by atoms with E-state index in [1.165, 1.54) is 12.8 Å². The first-order valence-corrected chi connectivity index (χ1v) is 5.59. The molecular weight excluding hydrogens is 176 g/mol. The Morgan fingerprint density at radius 2 is 2.07 bits per heavy atom. The van der Waals surface area contributed by atoms with Crippen LogP contribution in [0.5, 0.6) is 0 Å². The number of nitrogens with one attached hydrogen (secondary N) is 2. The lowest BCUT2D eigenvalue weighted by Gasteiger charge is -2.21. The van der Waals surface area contributed by atoms with E-state index in [0.29, 0.717) is 18.4 Å². The molecule has 0 aromatic carbocycles. The van der Waals surface area contributed by atoms with Gasteiger partial charge < -0.3 is 10.6 Å². The van der Waals surface area contributed by atoms with Crippen LogP contribution in [0.25, 0.3) is 0 Å². The molecule has 1 saturated carbocycles. The molecule has 0 heterocycles. The molecule has 1 amide bonds. The highest BCUT2D eigenvalue weighted by atomic mass is 16.1. The zero-order valence-electron chi connectivity index (χ0n) is 9.47. The number of hydrogen-bond donors (Lipinski definition) is 2. The summed E-state index contributed by atoms with van der Waals surface area (Å²) in [5.41, 5.74) is 0.